The van der Waals surface area contributed by atoms with Crippen molar-refractivity contribution < 1.29 is 13.6 Å². The van der Waals surface area contributed by atoms with Gasteiger partial charge in [0.05, 0.1) is 12.0 Å². The normalized spacial score (nSPS) is 16.7. The average molecular weight is 353 g/mol. The summed E-state index contributed by atoms with van der Waals surface area (Å²) in [7, 11) is 0. The molecule has 1 heterocycles. The Balaban J connectivity index is 0.00000208. The molecule has 128 valence electrons. The Morgan fingerprint density at radius 2 is 1.50 bits per heavy atom. The first-order valence-corrected chi connectivity index (χ1v) is 7.65. The number of amides is 1. The Bertz CT molecular complexity index is 625. The van der Waals surface area contributed by atoms with Crippen LogP contribution in [0.1, 0.15) is 23.6 Å². The van der Waals surface area contributed by atoms with Crippen molar-refractivity contribution in [1.29, 1.82) is 0 Å². The van der Waals surface area contributed by atoms with Crippen LogP contribution in [0.3, 0.4) is 0 Å². The average Bonchev–Trinajstić information content (AvgIpc) is 3.09. The summed E-state index contributed by atoms with van der Waals surface area (Å²) in [4.78, 5) is 12.4. The maximum Gasteiger partial charge on any atom is 0.225 e. The van der Waals surface area contributed by atoms with Gasteiger partial charge in [-0.2, -0.15) is 0 Å². The molecule has 24 heavy (non-hydrogen) atoms. The van der Waals surface area contributed by atoms with Crippen LogP contribution in [0.5, 0.6) is 0 Å². The van der Waals surface area contributed by atoms with E-state index in [0.717, 1.165) is 24.1 Å². The van der Waals surface area contributed by atoms with E-state index in [2.05, 4.69) is 10.6 Å². The largest absolute Gasteiger partial charge is 0.345 e. The lowest BCUT2D eigenvalue weighted by atomic mass is 9.97. The summed E-state index contributed by atoms with van der Waals surface area (Å²) in [6, 6.07) is 11.5. The van der Waals surface area contributed by atoms with Crippen LogP contribution in [0.2, 0.25) is 0 Å². The van der Waals surface area contributed by atoms with Crippen LogP contribution < -0.4 is 10.6 Å². The highest BCUT2D eigenvalue weighted by Crippen LogP contribution is 2.24. The molecular weight excluding hydrogens is 334 g/mol. The molecule has 0 bridgehead atoms. The first-order valence-electron chi connectivity index (χ1n) is 7.65. The van der Waals surface area contributed by atoms with E-state index in [9.17, 15) is 13.6 Å². The summed E-state index contributed by atoms with van der Waals surface area (Å²) in [5.41, 5.74) is 1.52. The molecule has 3 rings (SSSR count). The summed E-state index contributed by atoms with van der Waals surface area (Å²) in [5.74, 6) is -0.789. The second kappa shape index (κ2) is 8.22. The monoisotopic (exact) mass is 352 g/mol. The van der Waals surface area contributed by atoms with Crippen LogP contribution >= 0.6 is 12.4 Å². The molecule has 2 aromatic carbocycles. The van der Waals surface area contributed by atoms with E-state index in [1.54, 1.807) is 24.3 Å². The zero-order valence-corrected chi connectivity index (χ0v) is 13.8. The number of rotatable bonds is 4. The number of nitrogens with one attached hydrogen (secondary N) is 2. The predicted octanol–water partition coefficient (Wildman–Crippen LogP) is 3.20. The molecule has 0 saturated carbocycles. The molecule has 2 N–H and O–H groups in total. The van der Waals surface area contributed by atoms with Crippen LogP contribution in [0.4, 0.5) is 8.78 Å². The highest BCUT2D eigenvalue weighted by atomic mass is 35.5. The van der Waals surface area contributed by atoms with Gasteiger partial charge in [-0.05, 0) is 48.4 Å². The van der Waals surface area contributed by atoms with E-state index < -0.39 is 6.04 Å². The molecule has 1 fully saturated rings. The van der Waals surface area contributed by atoms with Crippen molar-refractivity contribution in [3.8, 4) is 0 Å². The second-order valence-corrected chi connectivity index (χ2v) is 5.73. The maximum absolute atomic E-state index is 13.2. The first-order chi connectivity index (χ1) is 11.1. The molecule has 0 spiro atoms. The number of carbonyl (C=O) groups is 1. The molecule has 1 aliphatic rings. The summed E-state index contributed by atoms with van der Waals surface area (Å²) < 4.78 is 26.3. The van der Waals surface area contributed by atoms with Gasteiger partial charge in [-0.15, -0.1) is 12.4 Å². The van der Waals surface area contributed by atoms with Crippen molar-refractivity contribution in [3.05, 3.63) is 71.3 Å². The molecule has 1 atom stereocenters. The quantitative estimate of drug-likeness (QED) is 0.887. The van der Waals surface area contributed by atoms with Gasteiger partial charge >= 0.3 is 0 Å². The molecule has 3 nitrogen and oxygen atoms in total. The standard InChI is InChI=1S/C18H18F2N2O.ClH/c19-15-5-1-12(2-6-15)17(13-3-7-16(20)8-4-13)22-18(23)14-9-10-21-11-14;/h1-8,14,17,21H,9-11H2,(H,22,23);1H. The molecule has 1 unspecified atom stereocenters. The Labute approximate surface area is 145 Å². The van der Waals surface area contributed by atoms with Gasteiger partial charge in [0.2, 0.25) is 5.91 Å². The van der Waals surface area contributed by atoms with Crippen molar-refractivity contribution in [1.82, 2.24) is 10.6 Å². The molecule has 6 heteroatoms. The fraction of sp³-hybridized carbons (Fsp3) is 0.278. The third kappa shape index (κ3) is 4.30. The molecule has 0 radical (unpaired) electrons. The minimum absolute atomic E-state index is 0. The highest BCUT2D eigenvalue weighted by Gasteiger charge is 2.25. The Morgan fingerprint density at radius 3 is 1.92 bits per heavy atom. The smallest absolute Gasteiger partial charge is 0.225 e. The van der Waals surface area contributed by atoms with Gasteiger partial charge in [0.15, 0.2) is 0 Å². The molecule has 0 aliphatic carbocycles. The minimum atomic E-state index is -0.427. The van der Waals surface area contributed by atoms with Gasteiger partial charge in [-0.25, -0.2) is 8.78 Å². The van der Waals surface area contributed by atoms with Crippen LogP contribution in [-0.2, 0) is 4.79 Å². The minimum Gasteiger partial charge on any atom is -0.345 e. The molecule has 2 aromatic rings. The summed E-state index contributed by atoms with van der Waals surface area (Å²) in [6.07, 6.45) is 0.797. The Hall–Kier alpha value is -1.98. The van der Waals surface area contributed by atoms with Crippen molar-refractivity contribution >= 4 is 18.3 Å². The van der Waals surface area contributed by atoms with E-state index >= 15 is 0 Å². The fourth-order valence-electron chi connectivity index (χ4n) is 2.81. The van der Waals surface area contributed by atoms with Gasteiger partial charge in [0, 0.05) is 6.54 Å². The Kier molecular flexibility index (Phi) is 6.29. The lowest BCUT2D eigenvalue weighted by molar-refractivity contribution is -0.124. The van der Waals surface area contributed by atoms with Crippen LogP contribution in [0.25, 0.3) is 0 Å². The van der Waals surface area contributed by atoms with Gasteiger partial charge in [0.25, 0.3) is 0 Å². The SMILES string of the molecule is Cl.O=C(NC(c1ccc(F)cc1)c1ccc(F)cc1)C1CCNC1. The number of carbonyl (C=O) groups excluding carboxylic acids is 1. The van der Waals surface area contributed by atoms with Gasteiger partial charge in [-0.3, -0.25) is 4.79 Å². The molecule has 0 aromatic heterocycles. The number of benzene rings is 2. The second-order valence-electron chi connectivity index (χ2n) is 5.73. The van der Waals surface area contributed by atoms with E-state index in [1.807, 2.05) is 0 Å². The van der Waals surface area contributed by atoms with Gasteiger partial charge < -0.3 is 10.6 Å². The van der Waals surface area contributed by atoms with Crippen LogP contribution in [-0.4, -0.2) is 19.0 Å². The number of hydrogen-bond donors (Lipinski definition) is 2. The predicted molar refractivity (Wildman–Crippen MR) is 91.0 cm³/mol. The van der Waals surface area contributed by atoms with E-state index in [0.29, 0.717) is 6.54 Å². The van der Waals surface area contributed by atoms with Crippen molar-refractivity contribution in [2.45, 2.75) is 12.5 Å². The third-order valence-electron chi connectivity index (χ3n) is 4.12. The number of hydrogen-bond acceptors (Lipinski definition) is 2. The third-order valence-corrected chi connectivity index (χ3v) is 4.12. The lowest BCUT2D eigenvalue weighted by Gasteiger charge is -2.22. The maximum atomic E-state index is 13.2. The van der Waals surface area contributed by atoms with E-state index in [1.165, 1.54) is 24.3 Å². The molecule has 1 amide bonds. The first kappa shape index (κ1) is 18.4. The summed E-state index contributed by atoms with van der Waals surface area (Å²) in [5, 5.41) is 6.17. The van der Waals surface area contributed by atoms with Crippen LogP contribution in [0.15, 0.2) is 48.5 Å². The van der Waals surface area contributed by atoms with Gasteiger partial charge in [0.1, 0.15) is 11.6 Å². The molecule has 1 aliphatic heterocycles. The summed E-state index contributed by atoms with van der Waals surface area (Å²) >= 11 is 0. The summed E-state index contributed by atoms with van der Waals surface area (Å²) in [6.45, 7) is 1.49. The Morgan fingerprint density at radius 1 is 1.00 bits per heavy atom. The molecule has 1 saturated heterocycles. The van der Waals surface area contributed by atoms with Gasteiger partial charge in [-0.1, -0.05) is 24.3 Å². The highest BCUT2D eigenvalue weighted by molar-refractivity contribution is 5.85. The lowest BCUT2D eigenvalue weighted by Crippen LogP contribution is -2.35. The zero-order chi connectivity index (χ0) is 16.2. The zero-order valence-electron chi connectivity index (χ0n) is 13.0. The van der Waals surface area contributed by atoms with Crippen LogP contribution in [0, 0.1) is 17.6 Å². The van der Waals surface area contributed by atoms with E-state index in [-0.39, 0.29) is 35.9 Å². The van der Waals surface area contributed by atoms with Crippen molar-refractivity contribution in [3.63, 3.8) is 0 Å². The van der Waals surface area contributed by atoms with Crippen molar-refractivity contribution in [2.75, 3.05) is 13.1 Å². The number of halogens is 3. The topological polar surface area (TPSA) is 41.1 Å². The molecular formula is C18H19ClF2N2O. The van der Waals surface area contributed by atoms with E-state index in [4.69, 9.17) is 0 Å². The van der Waals surface area contributed by atoms with Crippen molar-refractivity contribution in [2.24, 2.45) is 5.92 Å². The fourth-order valence-corrected chi connectivity index (χ4v) is 2.81.